The summed E-state index contributed by atoms with van der Waals surface area (Å²) in [7, 11) is 0. The predicted octanol–water partition coefficient (Wildman–Crippen LogP) is 3.18. The maximum absolute atomic E-state index is 12.6. The van der Waals surface area contributed by atoms with E-state index in [9.17, 15) is 13.2 Å². The Morgan fingerprint density at radius 1 is 1.27 bits per heavy atom. The Kier molecular flexibility index (Phi) is 6.08. The number of hydrogen-bond donors (Lipinski definition) is 1. The van der Waals surface area contributed by atoms with E-state index in [4.69, 9.17) is 9.84 Å². The quantitative estimate of drug-likeness (QED) is 0.784. The second-order valence-corrected chi connectivity index (χ2v) is 5.72. The van der Waals surface area contributed by atoms with Crippen LogP contribution in [0.3, 0.4) is 0 Å². The summed E-state index contributed by atoms with van der Waals surface area (Å²) >= 11 is 0. The van der Waals surface area contributed by atoms with E-state index >= 15 is 0 Å². The Labute approximate surface area is 128 Å². The summed E-state index contributed by atoms with van der Waals surface area (Å²) < 4.78 is 43.1. The van der Waals surface area contributed by atoms with Gasteiger partial charge in [-0.1, -0.05) is 6.07 Å². The number of benzene rings is 1. The van der Waals surface area contributed by atoms with E-state index < -0.39 is 11.7 Å². The molecule has 0 aromatic heterocycles. The molecule has 3 nitrogen and oxygen atoms in total. The number of rotatable bonds is 7. The minimum absolute atomic E-state index is 0.245. The van der Waals surface area contributed by atoms with E-state index in [1.807, 2.05) is 0 Å². The Balaban J connectivity index is 1.65. The zero-order valence-corrected chi connectivity index (χ0v) is 12.5. The molecule has 1 atom stereocenters. The molecule has 0 saturated carbocycles. The number of nitrogens with zero attached hydrogens (tertiary/aromatic N) is 1. The first-order chi connectivity index (χ1) is 10.5. The van der Waals surface area contributed by atoms with E-state index in [0.29, 0.717) is 12.5 Å². The third-order valence-electron chi connectivity index (χ3n) is 3.93. The van der Waals surface area contributed by atoms with Crippen molar-refractivity contribution in [1.29, 1.82) is 0 Å². The summed E-state index contributed by atoms with van der Waals surface area (Å²) in [5.41, 5.74) is -0.683. The molecule has 0 radical (unpaired) electrons. The summed E-state index contributed by atoms with van der Waals surface area (Å²) in [4.78, 5) is 2.31. The molecular weight excluding hydrogens is 295 g/mol. The normalized spacial score (nSPS) is 19.5. The molecule has 1 fully saturated rings. The van der Waals surface area contributed by atoms with Gasteiger partial charge in [0.2, 0.25) is 0 Å². The highest BCUT2D eigenvalue weighted by molar-refractivity contribution is 5.30. The van der Waals surface area contributed by atoms with E-state index in [0.717, 1.165) is 51.0 Å². The highest BCUT2D eigenvalue weighted by Crippen LogP contribution is 2.31. The Hall–Kier alpha value is -1.27. The third kappa shape index (κ3) is 5.18. The van der Waals surface area contributed by atoms with Gasteiger partial charge in [0.15, 0.2) is 0 Å². The highest BCUT2D eigenvalue weighted by atomic mass is 19.4. The summed E-state index contributed by atoms with van der Waals surface area (Å²) in [6.07, 6.45) is -1.55. The van der Waals surface area contributed by atoms with Gasteiger partial charge >= 0.3 is 6.18 Å². The van der Waals surface area contributed by atoms with Crippen molar-refractivity contribution in [2.24, 2.45) is 5.92 Å². The van der Waals surface area contributed by atoms with E-state index in [1.165, 1.54) is 6.07 Å². The maximum Gasteiger partial charge on any atom is 0.416 e. The lowest BCUT2D eigenvalue weighted by Crippen LogP contribution is -2.23. The summed E-state index contributed by atoms with van der Waals surface area (Å²) in [6.45, 7) is 3.56. The molecule has 1 aromatic rings. The van der Waals surface area contributed by atoms with Crippen molar-refractivity contribution >= 4 is 0 Å². The van der Waals surface area contributed by atoms with Crippen LogP contribution in [0.15, 0.2) is 24.3 Å². The molecule has 1 aliphatic rings. The number of ether oxygens (including phenoxy) is 1. The number of aliphatic hydroxyl groups excluding tert-OH is 1. The van der Waals surface area contributed by atoms with Crippen LogP contribution in [0.2, 0.25) is 0 Å². The summed E-state index contributed by atoms with van der Waals surface area (Å²) in [6, 6.07) is 4.98. The highest BCUT2D eigenvalue weighted by Gasteiger charge is 2.30. The fourth-order valence-electron chi connectivity index (χ4n) is 2.65. The number of unbranched alkanes of at least 4 members (excludes halogenated alkanes) is 1. The molecule has 0 bridgehead atoms. The van der Waals surface area contributed by atoms with E-state index in [1.54, 1.807) is 6.07 Å². The molecule has 1 saturated heterocycles. The van der Waals surface area contributed by atoms with Crippen LogP contribution in [0.4, 0.5) is 13.2 Å². The van der Waals surface area contributed by atoms with Crippen LogP contribution in [0.25, 0.3) is 0 Å². The average molecular weight is 317 g/mol. The van der Waals surface area contributed by atoms with Gasteiger partial charge in [0.25, 0.3) is 0 Å². The summed E-state index contributed by atoms with van der Waals surface area (Å²) in [5, 5.41) is 9.07. The van der Waals surface area contributed by atoms with Gasteiger partial charge < -0.3 is 14.7 Å². The number of alkyl halides is 3. The molecule has 22 heavy (non-hydrogen) atoms. The first kappa shape index (κ1) is 17.1. The van der Waals surface area contributed by atoms with Gasteiger partial charge in [0.05, 0.1) is 12.2 Å². The van der Waals surface area contributed by atoms with Crippen LogP contribution in [0.5, 0.6) is 5.75 Å². The Morgan fingerprint density at radius 2 is 2.09 bits per heavy atom. The van der Waals surface area contributed by atoms with Crippen molar-refractivity contribution in [1.82, 2.24) is 4.90 Å². The first-order valence-electron chi connectivity index (χ1n) is 7.62. The minimum atomic E-state index is -4.33. The molecule has 1 aromatic carbocycles. The van der Waals surface area contributed by atoms with Crippen LogP contribution in [0, 0.1) is 5.92 Å². The second-order valence-electron chi connectivity index (χ2n) is 5.72. The van der Waals surface area contributed by atoms with Crippen LogP contribution in [0.1, 0.15) is 24.8 Å². The number of hydrogen-bond acceptors (Lipinski definition) is 3. The zero-order chi connectivity index (χ0) is 16.0. The molecule has 1 heterocycles. The third-order valence-corrected chi connectivity index (χ3v) is 3.93. The van der Waals surface area contributed by atoms with Crippen molar-refractivity contribution < 1.29 is 23.0 Å². The molecule has 1 aliphatic heterocycles. The van der Waals surface area contributed by atoms with Crippen LogP contribution in [-0.2, 0) is 6.18 Å². The smallest absolute Gasteiger partial charge is 0.416 e. The lowest BCUT2D eigenvalue weighted by atomic mass is 10.1. The minimum Gasteiger partial charge on any atom is -0.494 e. The van der Waals surface area contributed by atoms with Crippen molar-refractivity contribution in [2.45, 2.75) is 25.4 Å². The van der Waals surface area contributed by atoms with Crippen molar-refractivity contribution in [3.05, 3.63) is 29.8 Å². The van der Waals surface area contributed by atoms with Crippen molar-refractivity contribution in [3.8, 4) is 5.75 Å². The van der Waals surface area contributed by atoms with Crippen LogP contribution in [-0.4, -0.2) is 42.9 Å². The number of halogens is 3. The van der Waals surface area contributed by atoms with E-state index in [-0.39, 0.29) is 12.4 Å². The second kappa shape index (κ2) is 7.83. The topological polar surface area (TPSA) is 32.7 Å². The monoisotopic (exact) mass is 317 g/mol. The van der Waals surface area contributed by atoms with Gasteiger partial charge in [-0.2, -0.15) is 13.2 Å². The molecule has 0 spiro atoms. The number of likely N-dealkylation sites (tertiary alicyclic amines) is 1. The lowest BCUT2D eigenvalue weighted by molar-refractivity contribution is -0.137. The van der Waals surface area contributed by atoms with Gasteiger partial charge in [-0.25, -0.2) is 0 Å². The molecule has 1 N–H and O–H groups in total. The van der Waals surface area contributed by atoms with E-state index in [2.05, 4.69) is 4.90 Å². The molecule has 0 amide bonds. The SMILES string of the molecule is OCC1CCN(CCCCOc2cccc(C(F)(F)F)c2)C1. The largest absolute Gasteiger partial charge is 0.494 e. The molecule has 0 aliphatic carbocycles. The van der Waals surface area contributed by atoms with Crippen LogP contribution < -0.4 is 4.74 Å². The standard InChI is InChI=1S/C16H22F3NO2/c17-16(18,19)14-4-3-5-15(10-14)22-9-2-1-7-20-8-6-13(11-20)12-21/h3-5,10,13,21H,1-2,6-9,11-12H2. The number of aliphatic hydroxyl groups is 1. The molecule has 124 valence electrons. The van der Waals surface area contributed by atoms with Gasteiger partial charge in [-0.05, 0) is 56.5 Å². The van der Waals surface area contributed by atoms with Gasteiger partial charge in [-0.3, -0.25) is 0 Å². The predicted molar refractivity (Wildman–Crippen MR) is 77.8 cm³/mol. The molecule has 2 rings (SSSR count). The van der Waals surface area contributed by atoms with Gasteiger partial charge in [0.1, 0.15) is 5.75 Å². The lowest BCUT2D eigenvalue weighted by Gasteiger charge is -2.15. The zero-order valence-electron chi connectivity index (χ0n) is 12.5. The molecular formula is C16H22F3NO2. The molecule has 1 unspecified atom stereocenters. The maximum atomic E-state index is 12.6. The van der Waals surface area contributed by atoms with Gasteiger partial charge in [0, 0.05) is 13.2 Å². The first-order valence-corrected chi connectivity index (χ1v) is 7.62. The van der Waals surface area contributed by atoms with Crippen LogP contribution >= 0.6 is 0 Å². The Bertz CT molecular complexity index is 465. The fourth-order valence-corrected chi connectivity index (χ4v) is 2.65. The average Bonchev–Trinajstić information content (AvgIpc) is 2.94. The van der Waals surface area contributed by atoms with Crippen molar-refractivity contribution in [2.75, 3.05) is 32.8 Å². The van der Waals surface area contributed by atoms with Gasteiger partial charge in [-0.15, -0.1) is 0 Å². The molecule has 6 heteroatoms. The van der Waals surface area contributed by atoms with Crippen molar-refractivity contribution in [3.63, 3.8) is 0 Å². The Morgan fingerprint density at radius 3 is 2.77 bits per heavy atom. The fraction of sp³-hybridized carbons (Fsp3) is 0.625. The summed E-state index contributed by atoms with van der Waals surface area (Å²) in [5.74, 6) is 0.651.